The Morgan fingerprint density at radius 2 is 1.58 bits per heavy atom. The van der Waals surface area contributed by atoms with E-state index in [4.69, 9.17) is 33.3 Å². The van der Waals surface area contributed by atoms with E-state index in [0.717, 1.165) is 32.3 Å². The van der Waals surface area contributed by atoms with Gasteiger partial charge in [-0.2, -0.15) is 9.97 Å². The molecule has 14 heteroatoms. The minimum Gasteiger partial charge on any atom is -0.472 e. The number of imidazole rings is 1. The molecule has 0 radical (unpaired) electrons. The van der Waals surface area contributed by atoms with Crippen LogP contribution in [0.5, 0.6) is 5.88 Å². The smallest absolute Gasteiger partial charge is 0.247 e. The first-order chi connectivity index (χ1) is 27.7. The second-order valence-corrected chi connectivity index (χ2v) is 29.0. The molecule has 7 atom stereocenters. The largest absolute Gasteiger partial charge is 0.472 e. The van der Waals surface area contributed by atoms with E-state index in [1.54, 1.807) is 12.4 Å². The Hall–Kier alpha value is -4.00. The van der Waals surface area contributed by atoms with Crippen molar-refractivity contribution in [2.24, 2.45) is 0 Å². The molecule has 4 aromatic carbocycles. The molecule has 1 aliphatic carbocycles. The number of fused-ring (bicyclic) bond motifs is 3. The van der Waals surface area contributed by atoms with Gasteiger partial charge in [-0.15, -0.1) is 0 Å². The van der Waals surface area contributed by atoms with Gasteiger partial charge in [-0.1, -0.05) is 96.7 Å². The molecule has 0 unspecified atom stereocenters. The zero-order chi connectivity index (χ0) is 42.4. The molecule has 1 saturated heterocycles. The van der Waals surface area contributed by atoms with Gasteiger partial charge in [0.05, 0.1) is 25.1 Å². The fraction of sp³-hybridized carbons (Fsp3) is 0.489. The van der Waals surface area contributed by atoms with Gasteiger partial charge in [-0.25, -0.2) is 4.98 Å². The minimum atomic E-state index is -2.21. The molecule has 1 aliphatic heterocycles. The van der Waals surface area contributed by atoms with E-state index in [9.17, 15) is 15.3 Å². The lowest BCUT2D eigenvalue weighted by molar-refractivity contribution is -0.0767. The molecular weight excluding hydrogens is 779 g/mol. The summed E-state index contributed by atoms with van der Waals surface area (Å²) in [5.41, 5.74) is 2.09. The molecule has 59 heavy (non-hydrogen) atoms. The molecule has 0 saturated carbocycles. The lowest BCUT2D eigenvalue weighted by Crippen LogP contribution is -2.48. The van der Waals surface area contributed by atoms with E-state index in [2.05, 4.69) is 104 Å². The third kappa shape index (κ3) is 7.24. The number of anilines is 1. The quantitative estimate of drug-likeness (QED) is 0.0562. The summed E-state index contributed by atoms with van der Waals surface area (Å²) in [6.45, 7) is 26.8. The van der Waals surface area contributed by atoms with Gasteiger partial charge in [0.1, 0.15) is 37.3 Å². The topological polar surface area (TPSA) is 153 Å². The van der Waals surface area contributed by atoms with Crippen LogP contribution < -0.4 is 10.1 Å². The lowest BCUT2D eigenvalue weighted by atomic mass is 9.77. The van der Waals surface area contributed by atoms with Crippen molar-refractivity contribution >= 4 is 66.1 Å². The van der Waals surface area contributed by atoms with Crippen molar-refractivity contribution in [3.8, 4) is 5.88 Å². The summed E-state index contributed by atoms with van der Waals surface area (Å²) >= 11 is 0. The molecule has 0 bridgehead atoms. The Bertz CT molecular complexity index is 2510. The summed E-state index contributed by atoms with van der Waals surface area (Å²) in [5, 5.41) is 44.0. The minimum absolute atomic E-state index is 0.00924. The summed E-state index contributed by atoms with van der Waals surface area (Å²) in [6.07, 6.45) is -1.36. The molecule has 6 aromatic rings. The molecule has 2 aromatic heterocycles. The van der Waals surface area contributed by atoms with Crippen LogP contribution in [0.3, 0.4) is 0 Å². The van der Waals surface area contributed by atoms with Gasteiger partial charge in [0.25, 0.3) is 0 Å². The van der Waals surface area contributed by atoms with Crippen molar-refractivity contribution in [1.29, 1.82) is 0 Å². The molecule has 3 heterocycles. The van der Waals surface area contributed by atoms with Gasteiger partial charge < -0.3 is 39.0 Å². The average molecular weight is 838 g/mol. The lowest BCUT2D eigenvalue weighted by Gasteiger charge is -2.40. The molecule has 1 fully saturated rings. The van der Waals surface area contributed by atoms with Crippen LogP contribution in [0, 0.1) is 0 Å². The number of benzene rings is 4. The van der Waals surface area contributed by atoms with Crippen LogP contribution in [-0.2, 0) is 13.6 Å². The summed E-state index contributed by atoms with van der Waals surface area (Å²) in [7, 11) is -4.32. The standard InChI is InChI=1S/C45H59N5O7Si2/c1-12-20-54-42-37-41(50(24-46-37)32-22-30(57-59(10,11)45(5,6)7)31(56-32)23-55-58(8,9)44(2,3)4)48-43(49-42)47-36-35-28-19-18-26-15-13-14-25-16-17-27(34(28)33(25)26)21-29(35)38(51)40(53)39(36)52/h12-19,21,24,30-32,36,38-40,51-53H,1,20,22-23H2,2-11H3,(H,47,48,49)/t30-,31+,32+,36-,38+,39-,40-/m0/s1. The Morgan fingerprint density at radius 1 is 0.898 bits per heavy atom. The maximum absolute atomic E-state index is 11.8. The van der Waals surface area contributed by atoms with Crippen LogP contribution in [0.2, 0.25) is 36.3 Å². The van der Waals surface area contributed by atoms with Crippen LogP contribution >= 0.6 is 0 Å². The summed E-state index contributed by atoms with van der Waals surface area (Å²) < 4.78 is 28.7. The third-order valence-corrected chi connectivity index (χ3v) is 22.5. The third-order valence-electron chi connectivity index (χ3n) is 13.5. The highest BCUT2D eigenvalue weighted by atomic mass is 28.4. The molecule has 0 spiro atoms. The number of nitrogens with one attached hydrogen (secondary N) is 1. The zero-order valence-corrected chi connectivity index (χ0v) is 37.9. The highest BCUT2D eigenvalue weighted by Gasteiger charge is 2.47. The fourth-order valence-electron chi connectivity index (χ4n) is 8.09. The second kappa shape index (κ2) is 14.9. The van der Waals surface area contributed by atoms with E-state index in [1.807, 2.05) is 28.8 Å². The number of nitrogens with zero attached hydrogens (tertiary/aromatic N) is 4. The van der Waals surface area contributed by atoms with Crippen molar-refractivity contribution in [2.45, 2.75) is 127 Å². The highest BCUT2D eigenvalue weighted by molar-refractivity contribution is 6.74. The second-order valence-electron chi connectivity index (χ2n) is 19.4. The van der Waals surface area contributed by atoms with Crippen molar-refractivity contribution in [2.75, 3.05) is 18.5 Å². The van der Waals surface area contributed by atoms with Crippen molar-refractivity contribution in [1.82, 2.24) is 19.5 Å². The molecule has 2 aliphatic rings. The first-order valence-corrected chi connectivity index (χ1v) is 26.5. The highest BCUT2D eigenvalue weighted by Crippen LogP contribution is 2.47. The Labute approximate surface area is 348 Å². The summed E-state index contributed by atoms with van der Waals surface area (Å²) in [6, 6.07) is 15.4. The van der Waals surface area contributed by atoms with Crippen molar-refractivity contribution < 1.29 is 33.6 Å². The van der Waals surface area contributed by atoms with Gasteiger partial charge >= 0.3 is 0 Å². The maximum Gasteiger partial charge on any atom is 0.247 e. The van der Waals surface area contributed by atoms with E-state index < -0.39 is 47.2 Å². The van der Waals surface area contributed by atoms with Crippen molar-refractivity contribution in [3.63, 3.8) is 0 Å². The predicted molar refractivity (Wildman–Crippen MR) is 238 cm³/mol. The Morgan fingerprint density at radius 3 is 2.25 bits per heavy atom. The normalized spacial score (nSPS) is 24.4. The van der Waals surface area contributed by atoms with E-state index in [-0.39, 0.29) is 40.7 Å². The van der Waals surface area contributed by atoms with Gasteiger partial charge in [0.2, 0.25) is 11.8 Å². The van der Waals surface area contributed by atoms with Crippen molar-refractivity contribution in [3.05, 3.63) is 78.6 Å². The zero-order valence-electron chi connectivity index (χ0n) is 35.9. The number of aromatic nitrogens is 4. The molecule has 12 nitrogen and oxygen atoms in total. The molecule has 4 N–H and O–H groups in total. The van der Waals surface area contributed by atoms with Gasteiger partial charge in [0, 0.05) is 6.42 Å². The molecule has 0 amide bonds. The number of hydrogen-bond donors (Lipinski definition) is 4. The predicted octanol–water partition coefficient (Wildman–Crippen LogP) is 8.91. The van der Waals surface area contributed by atoms with E-state index >= 15 is 0 Å². The van der Waals surface area contributed by atoms with Gasteiger partial charge in [-0.05, 0) is 85.8 Å². The first kappa shape index (κ1) is 41.7. The number of ether oxygens (including phenoxy) is 2. The van der Waals surface area contributed by atoms with Crippen LogP contribution in [0.15, 0.2) is 67.5 Å². The average Bonchev–Trinajstić information content (AvgIpc) is 3.78. The van der Waals surface area contributed by atoms with Crippen LogP contribution in [0.25, 0.3) is 43.5 Å². The number of aliphatic hydroxyl groups is 3. The van der Waals surface area contributed by atoms with Gasteiger partial charge in [-0.3, -0.25) is 4.57 Å². The molecular formula is C45H59N5O7Si2. The van der Waals surface area contributed by atoms with E-state index in [0.29, 0.717) is 35.3 Å². The molecule has 8 rings (SSSR count). The molecule has 314 valence electrons. The fourth-order valence-corrected chi connectivity index (χ4v) is 10.5. The number of aliphatic hydroxyl groups excluding tert-OH is 3. The Balaban J connectivity index is 1.20. The first-order valence-electron chi connectivity index (χ1n) is 20.7. The summed E-state index contributed by atoms with van der Waals surface area (Å²) in [5.74, 6) is 0.370. The maximum atomic E-state index is 11.8. The van der Waals surface area contributed by atoms with Crippen LogP contribution in [0.4, 0.5) is 5.95 Å². The van der Waals surface area contributed by atoms with Gasteiger partial charge in [0.15, 0.2) is 27.8 Å². The number of rotatable bonds is 11. The van der Waals surface area contributed by atoms with Crippen LogP contribution in [0.1, 0.15) is 77.5 Å². The number of hydrogen-bond acceptors (Lipinski definition) is 11. The monoisotopic (exact) mass is 837 g/mol. The summed E-state index contributed by atoms with van der Waals surface area (Å²) in [4.78, 5) is 14.5. The Kier molecular flexibility index (Phi) is 10.5. The van der Waals surface area contributed by atoms with Crippen LogP contribution in [-0.4, -0.2) is 89.1 Å². The van der Waals surface area contributed by atoms with E-state index in [1.165, 1.54) is 0 Å². The SMILES string of the molecule is C=CCOc1nc(N[C@H]2c3c(cc4ccc5cccc6ccc3c4c56)[C@@H](O)[C@H](O)[C@H]2O)nc2c1ncn2[C@H]1C[C@H](O[Si](C)(C)C(C)(C)C)[C@@H](CO[Si](C)(C)C(C)(C)C)O1.